The van der Waals surface area contributed by atoms with Gasteiger partial charge in [0.05, 0.1) is 11.5 Å². The molecule has 84 valence electrons. The Morgan fingerprint density at radius 2 is 2.25 bits per heavy atom. The zero-order chi connectivity index (χ0) is 11.3. The molecule has 1 aromatic rings. The maximum atomic E-state index is 11.5. The van der Waals surface area contributed by atoms with Crippen LogP contribution in [0.4, 0.5) is 0 Å². The van der Waals surface area contributed by atoms with Gasteiger partial charge in [-0.2, -0.15) is 0 Å². The highest BCUT2D eigenvalue weighted by Gasteiger charge is 2.51. The quantitative estimate of drug-likeness (QED) is 0.755. The van der Waals surface area contributed by atoms with Crippen LogP contribution in [0.5, 0.6) is 0 Å². The first kappa shape index (κ1) is 9.85. The lowest BCUT2D eigenvalue weighted by Crippen LogP contribution is -2.36. The average Bonchev–Trinajstić information content (AvgIpc) is 2.56. The number of hydrogen-bond acceptors (Lipinski definition) is 2. The van der Waals surface area contributed by atoms with Crippen LogP contribution in [0.3, 0.4) is 0 Å². The maximum Gasteiger partial charge on any atom is 0.314 e. The summed E-state index contributed by atoms with van der Waals surface area (Å²) >= 11 is 0. The highest BCUT2D eigenvalue weighted by Crippen LogP contribution is 2.51. The van der Waals surface area contributed by atoms with E-state index >= 15 is 0 Å². The maximum absolute atomic E-state index is 11.5. The molecule has 3 heteroatoms. The molecule has 0 saturated heterocycles. The predicted octanol–water partition coefficient (Wildman–Crippen LogP) is 1.78. The summed E-state index contributed by atoms with van der Waals surface area (Å²) in [5, 5.41) is 19.5. The van der Waals surface area contributed by atoms with Crippen molar-refractivity contribution in [1.29, 1.82) is 0 Å². The molecule has 0 aromatic heterocycles. The number of carbonyl (C=O) groups is 1. The van der Waals surface area contributed by atoms with Gasteiger partial charge in [-0.25, -0.2) is 0 Å². The third kappa shape index (κ3) is 1.04. The summed E-state index contributed by atoms with van der Waals surface area (Å²) in [6.45, 7) is 0. The van der Waals surface area contributed by atoms with E-state index < -0.39 is 17.5 Å². The van der Waals surface area contributed by atoms with Gasteiger partial charge >= 0.3 is 5.97 Å². The minimum atomic E-state index is -0.816. The Hall–Kier alpha value is -1.35. The van der Waals surface area contributed by atoms with Crippen molar-refractivity contribution in [1.82, 2.24) is 0 Å². The van der Waals surface area contributed by atoms with Gasteiger partial charge in [0.2, 0.25) is 0 Å². The molecule has 0 spiro atoms. The van der Waals surface area contributed by atoms with E-state index in [9.17, 15) is 15.0 Å². The fourth-order valence-corrected chi connectivity index (χ4v) is 3.34. The SMILES string of the molecule is O=C(O)[C@@]12CCCc3cccc(c31)[C@@H](O)C2. The Morgan fingerprint density at radius 3 is 3.00 bits per heavy atom. The van der Waals surface area contributed by atoms with Crippen LogP contribution in [0.2, 0.25) is 0 Å². The summed E-state index contributed by atoms with van der Waals surface area (Å²) in [6.07, 6.45) is 2.22. The number of rotatable bonds is 1. The third-order valence-corrected chi connectivity index (χ3v) is 4.02. The fraction of sp³-hybridized carbons (Fsp3) is 0.462. The van der Waals surface area contributed by atoms with Crippen LogP contribution in [0.15, 0.2) is 18.2 Å². The second kappa shape index (κ2) is 3.08. The molecule has 2 N–H and O–H groups in total. The van der Waals surface area contributed by atoms with E-state index in [0.717, 1.165) is 29.5 Å². The van der Waals surface area contributed by atoms with Gasteiger partial charge in [-0.3, -0.25) is 4.79 Å². The van der Waals surface area contributed by atoms with Crippen LogP contribution in [-0.4, -0.2) is 16.2 Å². The molecule has 3 nitrogen and oxygen atoms in total. The lowest BCUT2D eigenvalue weighted by molar-refractivity contribution is -0.145. The van der Waals surface area contributed by atoms with Crippen molar-refractivity contribution in [2.45, 2.75) is 37.2 Å². The summed E-state index contributed by atoms with van der Waals surface area (Å²) in [5.41, 5.74) is 2.03. The largest absolute Gasteiger partial charge is 0.481 e. The second-order valence-electron chi connectivity index (χ2n) is 4.84. The van der Waals surface area contributed by atoms with Gasteiger partial charge in [0.25, 0.3) is 0 Å². The number of aryl methyl sites for hydroxylation is 1. The highest BCUT2D eigenvalue weighted by molar-refractivity contribution is 5.84. The van der Waals surface area contributed by atoms with Gasteiger partial charge in [-0.05, 0) is 42.4 Å². The standard InChI is InChI=1S/C13H14O3/c14-10-7-13(12(15)16)6-2-4-8-3-1-5-9(10)11(8)13/h1,3,5,10,14H,2,4,6-7H2,(H,15,16)/t10-,13+/m0/s1. The van der Waals surface area contributed by atoms with E-state index in [1.165, 1.54) is 0 Å². The minimum Gasteiger partial charge on any atom is -0.481 e. The van der Waals surface area contributed by atoms with E-state index in [1.807, 2.05) is 18.2 Å². The van der Waals surface area contributed by atoms with Gasteiger partial charge in [0.15, 0.2) is 0 Å². The molecule has 0 heterocycles. The number of hydrogen-bond donors (Lipinski definition) is 2. The topological polar surface area (TPSA) is 57.5 Å². The van der Waals surface area contributed by atoms with Crippen LogP contribution in [0.25, 0.3) is 0 Å². The molecule has 0 amide bonds. The van der Waals surface area contributed by atoms with Crippen LogP contribution in [0, 0.1) is 0 Å². The summed E-state index contributed by atoms with van der Waals surface area (Å²) < 4.78 is 0. The first-order valence-electron chi connectivity index (χ1n) is 5.69. The van der Waals surface area contributed by atoms with Crippen molar-refractivity contribution >= 4 is 5.97 Å². The number of aliphatic carboxylic acids is 1. The van der Waals surface area contributed by atoms with Gasteiger partial charge in [0.1, 0.15) is 0 Å². The van der Waals surface area contributed by atoms with E-state index in [1.54, 1.807) is 0 Å². The van der Waals surface area contributed by atoms with Gasteiger partial charge < -0.3 is 10.2 Å². The monoisotopic (exact) mass is 218 g/mol. The molecular weight excluding hydrogens is 204 g/mol. The lowest BCUT2D eigenvalue weighted by Gasteiger charge is -2.31. The van der Waals surface area contributed by atoms with Crippen LogP contribution in [0.1, 0.15) is 42.1 Å². The van der Waals surface area contributed by atoms with Crippen molar-refractivity contribution in [3.8, 4) is 0 Å². The van der Waals surface area contributed by atoms with Gasteiger partial charge in [-0.15, -0.1) is 0 Å². The fourth-order valence-electron chi connectivity index (χ4n) is 3.34. The second-order valence-corrected chi connectivity index (χ2v) is 4.84. The Bertz CT molecular complexity index is 466. The summed E-state index contributed by atoms with van der Waals surface area (Å²) in [6, 6.07) is 5.77. The molecule has 0 saturated carbocycles. The van der Waals surface area contributed by atoms with Crippen LogP contribution < -0.4 is 0 Å². The van der Waals surface area contributed by atoms with Gasteiger partial charge in [0, 0.05) is 0 Å². The van der Waals surface area contributed by atoms with Crippen molar-refractivity contribution in [3.05, 3.63) is 34.9 Å². The summed E-state index contributed by atoms with van der Waals surface area (Å²) in [7, 11) is 0. The molecule has 16 heavy (non-hydrogen) atoms. The Balaban J connectivity index is 2.29. The number of carboxylic acids is 1. The molecule has 1 aromatic carbocycles. The summed E-state index contributed by atoms with van der Waals surface area (Å²) in [4.78, 5) is 11.5. The first-order valence-corrected chi connectivity index (χ1v) is 5.69. The molecule has 0 bridgehead atoms. The normalized spacial score (nSPS) is 31.2. The molecule has 2 aliphatic carbocycles. The molecule has 0 fully saturated rings. The Morgan fingerprint density at radius 1 is 1.44 bits per heavy atom. The van der Waals surface area contributed by atoms with Crippen LogP contribution in [-0.2, 0) is 16.6 Å². The van der Waals surface area contributed by atoms with Crippen molar-refractivity contribution < 1.29 is 15.0 Å². The van der Waals surface area contributed by atoms with Crippen LogP contribution >= 0.6 is 0 Å². The molecule has 0 radical (unpaired) electrons. The molecular formula is C13H14O3. The Kier molecular flexibility index (Phi) is 1.89. The smallest absolute Gasteiger partial charge is 0.314 e. The van der Waals surface area contributed by atoms with Crippen molar-refractivity contribution in [2.75, 3.05) is 0 Å². The molecule has 2 aliphatic rings. The predicted molar refractivity (Wildman–Crippen MR) is 58.3 cm³/mol. The molecule has 0 aliphatic heterocycles. The first-order chi connectivity index (χ1) is 7.65. The van der Waals surface area contributed by atoms with E-state index in [-0.39, 0.29) is 0 Å². The molecule has 2 atom stereocenters. The number of carboxylic acid groups (broad SMARTS) is 1. The highest BCUT2D eigenvalue weighted by atomic mass is 16.4. The van der Waals surface area contributed by atoms with Gasteiger partial charge in [-0.1, -0.05) is 18.2 Å². The zero-order valence-corrected chi connectivity index (χ0v) is 8.94. The number of benzene rings is 1. The average molecular weight is 218 g/mol. The number of aliphatic hydroxyl groups excluding tert-OH is 1. The third-order valence-electron chi connectivity index (χ3n) is 4.02. The van der Waals surface area contributed by atoms with E-state index in [0.29, 0.717) is 12.8 Å². The molecule has 3 rings (SSSR count). The lowest BCUT2D eigenvalue weighted by atomic mass is 9.71. The molecule has 0 unspecified atom stereocenters. The van der Waals surface area contributed by atoms with E-state index in [4.69, 9.17) is 0 Å². The van der Waals surface area contributed by atoms with Crippen molar-refractivity contribution in [2.24, 2.45) is 0 Å². The van der Waals surface area contributed by atoms with E-state index in [2.05, 4.69) is 0 Å². The zero-order valence-electron chi connectivity index (χ0n) is 8.94. The number of aliphatic hydroxyl groups is 1. The summed E-state index contributed by atoms with van der Waals surface area (Å²) in [5.74, 6) is -0.780. The minimum absolute atomic E-state index is 0.342. The van der Waals surface area contributed by atoms with Crippen molar-refractivity contribution in [3.63, 3.8) is 0 Å². The Labute approximate surface area is 93.7 Å².